The van der Waals surface area contributed by atoms with Crippen molar-refractivity contribution in [1.82, 2.24) is 19.7 Å². The van der Waals surface area contributed by atoms with Gasteiger partial charge in [0, 0.05) is 19.3 Å². The lowest BCUT2D eigenvalue weighted by Gasteiger charge is -2.19. The second-order valence-electron chi connectivity index (χ2n) is 5.27. The number of fused-ring (bicyclic) bond motifs is 2. The van der Waals surface area contributed by atoms with Gasteiger partial charge in [-0.25, -0.2) is 14.4 Å². The van der Waals surface area contributed by atoms with Crippen LogP contribution in [-0.4, -0.2) is 26.3 Å². The summed E-state index contributed by atoms with van der Waals surface area (Å²) >= 11 is 0. The van der Waals surface area contributed by atoms with Crippen molar-refractivity contribution in [3.8, 4) is 0 Å². The molecule has 21 heavy (non-hydrogen) atoms. The Morgan fingerprint density at radius 1 is 1.24 bits per heavy atom. The lowest BCUT2D eigenvalue weighted by molar-refractivity contribution is 0.628. The van der Waals surface area contributed by atoms with E-state index in [1.165, 1.54) is 6.07 Å². The first-order valence-electron chi connectivity index (χ1n) is 6.86. The maximum atomic E-state index is 13.6. The van der Waals surface area contributed by atoms with E-state index < -0.39 is 0 Å². The zero-order valence-electron chi connectivity index (χ0n) is 11.8. The van der Waals surface area contributed by atoms with Crippen molar-refractivity contribution >= 4 is 22.5 Å². The van der Waals surface area contributed by atoms with Crippen molar-refractivity contribution in [2.75, 3.05) is 11.4 Å². The zero-order valence-corrected chi connectivity index (χ0v) is 11.8. The molecule has 0 saturated carbocycles. The van der Waals surface area contributed by atoms with Gasteiger partial charge in [-0.15, -0.1) is 0 Å². The van der Waals surface area contributed by atoms with Crippen molar-refractivity contribution in [3.63, 3.8) is 0 Å². The minimum Gasteiger partial charge on any atom is -0.325 e. The van der Waals surface area contributed by atoms with Gasteiger partial charge in [-0.3, -0.25) is 4.68 Å². The molecule has 106 valence electrons. The highest BCUT2D eigenvalue weighted by Crippen LogP contribution is 2.36. The molecule has 0 N–H and O–H groups in total. The Labute approximate surface area is 121 Å². The van der Waals surface area contributed by atoms with Gasteiger partial charge in [0.25, 0.3) is 0 Å². The summed E-state index contributed by atoms with van der Waals surface area (Å²) in [6, 6.07) is 4.92. The van der Waals surface area contributed by atoms with Gasteiger partial charge in [-0.1, -0.05) is 6.07 Å². The molecule has 0 radical (unpaired) electrons. The van der Waals surface area contributed by atoms with Gasteiger partial charge in [0.15, 0.2) is 5.65 Å². The molecule has 4 rings (SSSR count). The van der Waals surface area contributed by atoms with E-state index in [4.69, 9.17) is 0 Å². The van der Waals surface area contributed by atoms with Gasteiger partial charge in [-0.2, -0.15) is 5.10 Å². The Hall–Kier alpha value is -2.50. The molecule has 0 aliphatic carbocycles. The molecule has 0 fully saturated rings. The monoisotopic (exact) mass is 283 g/mol. The molecule has 2 aromatic heterocycles. The van der Waals surface area contributed by atoms with Crippen LogP contribution >= 0.6 is 0 Å². The van der Waals surface area contributed by atoms with Crippen molar-refractivity contribution in [3.05, 3.63) is 41.6 Å². The van der Waals surface area contributed by atoms with E-state index in [2.05, 4.69) is 20.0 Å². The number of nitrogens with zero attached hydrogens (tertiary/aromatic N) is 5. The van der Waals surface area contributed by atoms with E-state index in [-0.39, 0.29) is 5.82 Å². The summed E-state index contributed by atoms with van der Waals surface area (Å²) < 4.78 is 15.3. The molecule has 3 heterocycles. The van der Waals surface area contributed by atoms with E-state index in [0.29, 0.717) is 5.82 Å². The Morgan fingerprint density at radius 3 is 2.95 bits per heavy atom. The fraction of sp³-hybridized carbons (Fsp3) is 0.267. The molecule has 0 unspecified atom stereocenters. The minimum absolute atomic E-state index is 0.228. The second-order valence-corrected chi connectivity index (χ2v) is 5.27. The van der Waals surface area contributed by atoms with Crippen LogP contribution in [0.1, 0.15) is 11.4 Å². The average Bonchev–Trinajstić information content (AvgIpc) is 3.02. The predicted molar refractivity (Wildman–Crippen MR) is 78.2 cm³/mol. The summed E-state index contributed by atoms with van der Waals surface area (Å²) in [6.07, 6.45) is 2.65. The van der Waals surface area contributed by atoms with E-state index in [0.717, 1.165) is 41.1 Å². The third-order valence-corrected chi connectivity index (χ3v) is 3.88. The maximum absolute atomic E-state index is 13.6. The summed E-state index contributed by atoms with van der Waals surface area (Å²) in [4.78, 5) is 11.0. The normalized spacial score (nSPS) is 14.0. The van der Waals surface area contributed by atoms with Crippen LogP contribution in [0.15, 0.2) is 24.4 Å². The fourth-order valence-corrected chi connectivity index (χ4v) is 2.89. The van der Waals surface area contributed by atoms with E-state index in [1.807, 2.05) is 20.0 Å². The highest BCUT2D eigenvalue weighted by atomic mass is 19.1. The molecule has 0 bridgehead atoms. The smallest absolute Gasteiger partial charge is 0.163 e. The number of aromatic nitrogens is 4. The van der Waals surface area contributed by atoms with Gasteiger partial charge >= 0.3 is 0 Å². The van der Waals surface area contributed by atoms with Crippen molar-refractivity contribution in [2.45, 2.75) is 13.3 Å². The van der Waals surface area contributed by atoms with Crippen LogP contribution in [0.25, 0.3) is 11.0 Å². The third-order valence-electron chi connectivity index (χ3n) is 3.88. The van der Waals surface area contributed by atoms with Crippen LogP contribution < -0.4 is 4.90 Å². The lowest BCUT2D eigenvalue weighted by Crippen LogP contribution is -2.16. The summed E-state index contributed by atoms with van der Waals surface area (Å²) in [5, 5.41) is 5.14. The molecule has 0 saturated heterocycles. The molecular formula is C15H14FN5. The highest BCUT2D eigenvalue weighted by Gasteiger charge is 2.25. The van der Waals surface area contributed by atoms with Crippen LogP contribution in [0.2, 0.25) is 0 Å². The first kappa shape index (κ1) is 12.3. The molecule has 0 spiro atoms. The third kappa shape index (κ3) is 1.79. The first-order valence-corrected chi connectivity index (χ1v) is 6.86. The summed E-state index contributed by atoms with van der Waals surface area (Å²) in [5.41, 5.74) is 2.82. The van der Waals surface area contributed by atoms with Crippen LogP contribution in [0.3, 0.4) is 0 Å². The highest BCUT2D eigenvalue weighted by molar-refractivity contribution is 5.90. The van der Waals surface area contributed by atoms with Crippen molar-refractivity contribution < 1.29 is 4.39 Å². The molecule has 1 aromatic carbocycles. The molecule has 0 atom stereocenters. The number of anilines is 2. The number of hydrogen-bond acceptors (Lipinski definition) is 4. The van der Waals surface area contributed by atoms with Crippen LogP contribution in [0, 0.1) is 12.7 Å². The van der Waals surface area contributed by atoms with Crippen molar-refractivity contribution in [2.24, 2.45) is 7.05 Å². The van der Waals surface area contributed by atoms with Crippen molar-refractivity contribution in [1.29, 1.82) is 0 Å². The van der Waals surface area contributed by atoms with Gasteiger partial charge in [-0.05, 0) is 31.0 Å². The predicted octanol–water partition coefficient (Wildman–Crippen LogP) is 2.51. The Balaban J connectivity index is 1.95. The number of rotatable bonds is 1. The molecule has 0 amide bonds. The zero-order chi connectivity index (χ0) is 14.6. The topological polar surface area (TPSA) is 46.8 Å². The molecule has 5 nitrogen and oxygen atoms in total. The van der Waals surface area contributed by atoms with Gasteiger partial charge in [0.1, 0.15) is 17.5 Å². The Kier molecular flexibility index (Phi) is 2.48. The first-order chi connectivity index (χ1) is 10.1. The van der Waals surface area contributed by atoms with Gasteiger partial charge in [0.05, 0.1) is 11.6 Å². The number of hydrogen-bond donors (Lipinski definition) is 0. The maximum Gasteiger partial charge on any atom is 0.163 e. The largest absolute Gasteiger partial charge is 0.325 e. The SMILES string of the molecule is Cc1nc(N2CCc3ccc(F)cc32)c2cnn(C)c2n1. The van der Waals surface area contributed by atoms with Crippen LogP contribution in [-0.2, 0) is 13.5 Å². The summed E-state index contributed by atoms with van der Waals surface area (Å²) in [6.45, 7) is 2.65. The molecule has 1 aliphatic heterocycles. The number of aryl methyl sites for hydroxylation is 2. The van der Waals surface area contributed by atoms with Gasteiger partial charge < -0.3 is 4.90 Å². The quantitative estimate of drug-likeness (QED) is 0.688. The van der Waals surface area contributed by atoms with Crippen LogP contribution in [0.5, 0.6) is 0 Å². The summed E-state index contributed by atoms with van der Waals surface area (Å²) in [7, 11) is 1.86. The lowest BCUT2D eigenvalue weighted by atomic mass is 10.2. The molecule has 1 aliphatic rings. The average molecular weight is 283 g/mol. The van der Waals surface area contributed by atoms with Gasteiger partial charge in [0.2, 0.25) is 0 Å². The summed E-state index contributed by atoms with van der Waals surface area (Å²) in [5.74, 6) is 1.26. The van der Waals surface area contributed by atoms with E-state index >= 15 is 0 Å². The molecule has 3 aromatic rings. The van der Waals surface area contributed by atoms with Crippen LogP contribution in [0.4, 0.5) is 15.9 Å². The second kappa shape index (κ2) is 4.25. The number of halogens is 1. The Morgan fingerprint density at radius 2 is 2.10 bits per heavy atom. The standard InChI is InChI=1S/C15H14FN5/c1-9-18-14-12(8-17-20(14)2)15(19-9)21-6-5-10-3-4-11(16)7-13(10)21/h3-4,7-8H,5-6H2,1-2H3. The van der Waals surface area contributed by atoms with E-state index in [9.17, 15) is 4.39 Å². The number of benzene rings is 1. The van der Waals surface area contributed by atoms with E-state index in [1.54, 1.807) is 16.9 Å². The fourth-order valence-electron chi connectivity index (χ4n) is 2.89. The Bertz CT molecular complexity index is 855. The molecule has 6 heteroatoms. The minimum atomic E-state index is -0.228. The molecular weight excluding hydrogens is 269 g/mol.